The molecule has 72 valence electrons. The molecule has 0 aliphatic rings. The van der Waals surface area contributed by atoms with Crippen molar-refractivity contribution in [1.82, 2.24) is 20.2 Å². The van der Waals surface area contributed by atoms with Crippen molar-refractivity contribution in [2.45, 2.75) is 0 Å². The van der Waals surface area contributed by atoms with Crippen LogP contribution in [0.2, 0.25) is 0 Å². The van der Waals surface area contributed by atoms with Crippen LogP contribution in [0, 0.1) is 0 Å². The third-order valence-electron chi connectivity index (χ3n) is 1.91. The Kier molecular flexibility index (Phi) is 2.11. The molecule has 0 aliphatic carbocycles. The maximum Gasteiger partial charge on any atom is 0.183 e. The molecule has 0 unspecified atom stereocenters. The minimum absolute atomic E-state index is 0.574. The molecule has 14 heavy (non-hydrogen) atoms. The van der Waals surface area contributed by atoms with Crippen molar-refractivity contribution in [1.29, 1.82) is 0 Å². The fraction of sp³-hybridized carbons (Fsp3) is 0.125. The van der Waals surface area contributed by atoms with Gasteiger partial charge >= 0.3 is 0 Å². The zero-order chi connectivity index (χ0) is 9.97. The number of benzene rings is 1. The fourth-order valence-electron chi connectivity index (χ4n) is 1.23. The van der Waals surface area contributed by atoms with E-state index in [1.54, 1.807) is 13.1 Å². The van der Waals surface area contributed by atoms with Crippen LogP contribution in [0.25, 0.3) is 11.4 Å². The maximum atomic E-state index is 8.88. The SMILES string of the molecule is Cn1nnnc1-c1ccccc1NO. The molecule has 0 fully saturated rings. The van der Waals surface area contributed by atoms with Crippen LogP contribution in [0.15, 0.2) is 24.3 Å². The topological polar surface area (TPSA) is 75.9 Å². The fourth-order valence-corrected chi connectivity index (χ4v) is 1.23. The normalized spacial score (nSPS) is 10.1. The molecule has 0 saturated heterocycles. The zero-order valence-electron chi connectivity index (χ0n) is 7.55. The van der Waals surface area contributed by atoms with E-state index in [0.717, 1.165) is 5.56 Å². The summed E-state index contributed by atoms with van der Waals surface area (Å²) >= 11 is 0. The van der Waals surface area contributed by atoms with Gasteiger partial charge in [-0.15, -0.1) is 5.10 Å². The minimum Gasteiger partial charge on any atom is -0.291 e. The van der Waals surface area contributed by atoms with Crippen LogP contribution in [0.4, 0.5) is 5.69 Å². The van der Waals surface area contributed by atoms with Crippen molar-refractivity contribution in [2.24, 2.45) is 7.05 Å². The van der Waals surface area contributed by atoms with E-state index in [4.69, 9.17) is 5.21 Å². The molecule has 6 nitrogen and oxygen atoms in total. The lowest BCUT2D eigenvalue weighted by atomic mass is 10.2. The van der Waals surface area contributed by atoms with Gasteiger partial charge in [0.1, 0.15) is 0 Å². The van der Waals surface area contributed by atoms with Crippen molar-refractivity contribution in [3.05, 3.63) is 24.3 Å². The van der Waals surface area contributed by atoms with Crippen LogP contribution >= 0.6 is 0 Å². The van der Waals surface area contributed by atoms with E-state index < -0.39 is 0 Å². The van der Waals surface area contributed by atoms with Crippen LogP contribution in [-0.4, -0.2) is 25.4 Å². The molecule has 0 spiro atoms. The first kappa shape index (κ1) is 8.64. The third-order valence-corrected chi connectivity index (χ3v) is 1.91. The Morgan fingerprint density at radius 3 is 2.79 bits per heavy atom. The van der Waals surface area contributed by atoms with Crippen LogP contribution in [0.5, 0.6) is 0 Å². The smallest absolute Gasteiger partial charge is 0.183 e. The number of nitrogens with zero attached hydrogens (tertiary/aromatic N) is 4. The molecule has 2 aromatic rings. The molecular formula is C8H9N5O. The number of hydrogen-bond donors (Lipinski definition) is 2. The lowest BCUT2D eigenvalue weighted by Gasteiger charge is -2.05. The summed E-state index contributed by atoms with van der Waals surface area (Å²) in [5.41, 5.74) is 3.43. The van der Waals surface area contributed by atoms with Crippen LogP contribution in [-0.2, 0) is 7.05 Å². The molecule has 0 radical (unpaired) electrons. The highest BCUT2D eigenvalue weighted by Gasteiger charge is 2.09. The largest absolute Gasteiger partial charge is 0.291 e. The average molecular weight is 191 g/mol. The zero-order valence-corrected chi connectivity index (χ0v) is 7.55. The van der Waals surface area contributed by atoms with Crippen LogP contribution in [0.3, 0.4) is 0 Å². The molecule has 0 bridgehead atoms. The van der Waals surface area contributed by atoms with E-state index in [1.807, 2.05) is 18.2 Å². The first-order valence-electron chi connectivity index (χ1n) is 4.05. The summed E-state index contributed by atoms with van der Waals surface area (Å²) in [4.78, 5) is 0. The van der Waals surface area contributed by atoms with Gasteiger partial charge in [0.05, 0.1) is 5.69 Å². The second-order valence-electron chi connectivity index (χ2n) is 2.78. The number of aryl methyl sites for hydroxylation is 1. The van der Waals surface area contributed by atoms with Gasteiger partial charge in [-0.1, -0.05) is 12.1 Å². The van der Waals surface area contributed by atoms with Gasteiger partial charge in [0, 0.05) is 12.6 Å². The molecule has 2 rings (SSSR count). The first-order chi connectivity index (χ1) is 6.83. The lowest BCUT2D eigenvalue weighted by molar-refractivity contribution is 0.389. The van der Waals surface area contributed by atoms with Gasteiger partial charge in [-0.25, -0.2) is 4.68 Å². The highest BCUT2D eigenvalue weighted by molar-refractivity contribution is 5.72. The van der Waals surface area contributed by atoms with E-state index in [0.29, 0.717) is 11.5 Å². The molecule has 2 N–H and O–H groups in total. The Morgan fingerprint density at radius 1 is 1.36 bits per heavy atom. The van der Waals surface area contributed by atoms with Crippen molar-refractivity contribution in [3.8, 4) is 11.4 Å². The summed E-state index contributed by atoms with van der Waals surface area (Å²) in [5.74, 6) is 0.599. The van der Waals surface area contributed by atoms with Crippen molar-refractivity contribution < 1.29 is 5.21 Å². The number of aromatic nitrogens is 4. The van der Waals surface area contributed by atoms with Gasteiger partial charge in [-0.05, 0) is 22.6 Å². The molecule has 1 aromatic carbocycles. The Bertz CT molecular complexity index is 439. The number of anilines is 1. The molecular weight excluding hydrogens is 182 g/mol. The summed E-state index contributed by atoms with van der Waals surface area (Å²) < 4.78 is 1.54. The van der Waals surface area contributed by atoms with Gasteiger partial charge in [0.2, 0.25) is 0 Å². The van der Waals surface area contributed by atoms with E-state index in [-0.39, 0.29) is 0 Å². The number of rotatable bonds is 2. The Labute approximate surface area is 80.1 Å². The third kappa shape index (κ3) is 1.31. The van der Waals surface area contributed by atoms with Gasteiger partial charge in [0.15, 0.2) is 5.82 Å². The molecule has 1 aromatic heterocycles. The van der Waals surface area contributed by atoms with E-state index in [1.165, 1.54) is 4.68 Å². The summed E-state index contributed by atoms with van der Waals surface area (Å²) in [7, 11) is 1.74. The molecule has 0 amide bonds. The summed E-state index contributed by atoms with van der Waals surface area (Å²) in [6.45, 7) is 0. The van der Waals surface area contributed by atoms with E-state index >= 15 is 0 Å². The van der Waals surface area contributed by atoms with Crippen molar-refractivity contribution in [3.63, 3.8) is 0 Å². The molecule has 6 heteroatoms. The maximum absolute atomic E-state index is 8.88. The Morgan fingerprint density at radius 2 is 2.14 bits per heavy atom. The summed E-state index contributed by atoms with van der Waals surface area (Å²) in [6.07, 6.45) is 0. The Hall–Kier alpha value is -1.95. The van der Waals surface area contributed by atoms with Gasteiger partial charge in [-0.3, -0.25) is 10.7 Å². The highest BCUT2D eigenvalue weighted by atomic mass is 16.5. The predicted molar refractivity (Wildman–Crippen MR) is 49.6 cm³/mol. The Balaban J connectivity index is 2.56. The molecule has 0 aliphatic heterocycles. The molecule has 1 heterocycles. The first-order valence-corrected chi connectivity index (χ1v) is 4.05. The van der Waals surface area contributed by atoms with Gasteiger partial charge in [-0.2, -0.15) is 0 Å². The predicted octanol–water partition coefficient (Wildman–Crippen LogP) is 0.678. The second kappa shape index (κ2) is 3.43. The van der Waals surface area contributed by atoms with E-state index in [2.05, 4.69) is 21.0 Å². The number of tetrazole rings is 1. The van der Waals surface area contributed by atoms with Crippen LogP contribution in [0.1, 0.15) is 0 Å². The second-order valence-corrected chi connectivity index (χ2v) is 2.78. The lowest BCUT2D eigenvalue weighted by Crippen LogP contribution is -1.98. The molecule has 0 saturated carbocycles. The van der Waals surface area contributed by atoms with Crippen LogP contribution < -0.4 is 5.48 Å². The quantitative estimate of drug-likeness (QED) is 0.682. The minimum atomic E-state index is 0.574. The number of hydrogen-bond acceptors (Lipinski definition) is 5. The summed E-state index contributed by atoms with van der Waals surface area (Å²) in [6, 6.07) is 7.23. The number of para-hydroxylation sites is 1. The van der Waals surface area contributed by atoms with Crippen molar-refractivity contribution in [2.75, 3.05) is 5.48 Å². The number of nitrogens with one attached hydrogen (secondary N) is 1. The van der Waals surface area contributed by atoms with E-state index in [9.17, 15) is 0 Å². The monoisotopic (exact) mass is 191 g/mol. The van der Waals surface area contributed by atoms with Gasteiger partial charge < -0.3 is 0 Å². The molecule has 0 atom stereocenters. The highest BCUT2D eigenvalue weighted by Crippen LogP contribution is 2.23. The standard InChI is InChI=1S/C8H9N5O/c1-13-8(9-11-12-13)6-4-2-3-5-7(6)10-14/h2-5,10,14H,1H3. The van der Waals surface area contributed by atoms with Crippen molar-refractivity contribution >= 4 is 5.69 Å². The average Bonchev–Trinajstić information content (AvgIpc) is 2.64. The van der Waals surface area contributed by atoms with Gasteiger partial charge in [0.25, 0.3) is 0 Å². The summed E-state index contributed by atoms with van der Waals surface area (Å²) in [5, 5.41) is 20.0.